The highest BCUT2D eigenvalue weighted by molar-refractivity contribution is 7.80. The number of benzene rings is 1. The Bertz CT molecular complexity index is 734. The number of nitrogens with zero attached hydrogens (tertiary/aromatic N) is 2. The van der Waals surface area contributed by atoms with Gasteiger partial charge in [0.1, 0.15) is 0 Å². The fraction of sp³-hybridized carbons (Fsp3) is 0.235. The third-order valence-electron chi connectivity index (χ3n) is 3.92. The summed E-state index contributed by atoms with van der Waals surface area (Å²) in [6, 6.07) is 11.6. The highest BCUT2D eigenvalue weighted by Gasteiger charge is 2.23. The predicted molar refractivity (Wildman–Crippen MR) is 91.2 cm³/mol. The smallest absolute Gasteiger partial charge is 0.336 e. The van der Waals surface area contributed by atoms with Crippen LogP contribution >= 0.6 is 12.2 Å². The molecule has 0 aliphatic carbocycles. The van der Waals surface area contributed by atoms with E-state index in [2.05, 4.69) is 10.3 Å². The lowest BCUT2D eigenvalue weighted by atomic mass is 10.0. The molecule has 2 heterocycles. The first-order valence-electron chi connectivity index (χ1n) is 7.42. The predicted octanol–water partition coefficient (Wildman–Crippen LogP) is 2.21. The van der Waals surface area contributed by atoms with E-state index in [9.17, 15) is 9.90 Å². The summed E-state index contributed by atoms with van der Waals surface area (Å²) < 4.78 is 0. The Morgan fingerprint density at radius 2 is 2.09 bits per heavy atom. The molecule has 0 radical (unpaired) electrons. The Morgan fingerprint density at radius 3 is 2.83 bits per heavy atom. The minimum absolute atomic E-state index is 0.311. The topological polar surface area (TPSA) is 65.5 Å². The summed E-state index contributed by atoms with van der Waals surface area (Å²) in [6.07, 6.45) is 2.26. The van der Waals surface area contributed by atoms with E-state index in [1.807, 2.05) is 35.2 Å². The quantitative estimate of drug-likeness (QED) is 0.843. The zero-order valence-electron chi connectivity index (χ0n) is 12.5. The van der Waals surface area contributed by atoms with Gasteiger partial charge < -0.3 is 15.3 Å². The minimum Gasteiger partial charge on any atom is -0.478 e. The minimum atomic E-state index is -0.923. The number of aromatic nitrogens is 1. The van der Waals surface area contributed by atoms with E-state index in [0.29, 0.717) is 30.2 Å². The molecule has 0 saturated carbocycles. The Morgan fingerprint density at radius 1 is 1.30 bits per heavy atom. The van der Waals surface area contributed by atoms with Crippen molar-refractivity contribution >= 4 is 23.3 Å². The van der Waals surface area contributed by atoms with Crippen molar-refractivity contribution in [3.63, 3.8) is 0 Å². The number of carboxylic acids is 1. The number of carboxylic acid groups (broad SMARTS) is 1. The van der Waals surface area contributed by atoms with Crippen LogP contribution in [0, 0.1) is 0 Å². The summed E-state index contributed by atoms with van der Waals surface area (Å²) in [5, 5.41) is 13.2. The van der Waals surface area contributed by atoms with Crippen molar-refractivity contribution < 1.29 is 9.90 Å². The zero-order chi connectivity index (χ0) is 16.2. The summed E-state index contributed by atoms with van der Waals surface area (Å²) in [5.74, 6) is -0.923. The van der Waals surface area contributed by atoms with Crippen molar-refractivity contribution in [1.82, 2.24) is 15.2 Å². The lowest BCUT2D eigenvalue weighted by molar-refractivity contribution is 0.0694. The lowest BCUT2D eigenvalue weighted by Gasteiger charge is -2.31. The average molecular weight is 327 g/mol. The number of pyridine rings is 1. The molecule has 0 unspecified atom stereocenters. The molecule has 1 aliphatic rings. The molecule has 1 aliphatic heterocycles. The first-order chi connectivity index (χ1) is 11.1. The fourth-order valence-corrected chi connectivity index (χ4v) is 2.93. The summed E-state index contributed by atoms with van der Waals surface area (Å²) in [6.45, 7) is 1.87. The van der Waals surface area contributed by atoms with E-state index in [-0.39, 0.29) is 0 Å². The van der Waals surface area contributed by atoms with Gasteiger partial charge in [0.2, 0.25) is 0 Å². The average Bonchev–Trinajstić information content (AvgIpc) is 2.59. The summed E-state index contributed by atoms with van der Waals surface area (Å²) in [5.41, 5.74) is 3.08. The van der Waals surface area contributed by atoms with Gasteiger partial charge in [0.25, 0.3) is 0 Å². The molecule has 0 saturated heterocycles. The van der Waals surface area contributed by atoms with Gasteiger partial charge >= 0.3 is 5.97 Å². The van der Waals surface area contributed by atoms with Gasteiger partial charge in [0.15, 0.2) is 5.11 Å². The summed E-state index contributed by atoms with van der Waals surface area (Å²) in [4.78, 5) is 17.7. The maximum Gasteiger partial charge on any atom is 0.336 e. The van der Waals surface area contributed by atoms with Gasteiger partial charge in [-0.25, -0.2) is 4.79 Å². The second-order valence-corrected chi connectivity index (χ2v) is 5.79. The molecule has 1 aromatic carbocycles. The van der Waals surface area contributed by atoms with E-state index in [1.54, 1.807) is 12.3 Å². The molecular weight excluding hydrogens is 310 g/mol. The molecule has 2 aromatic rings. The van der Waals surface area contributed by atoms with Crippen LogP contribution in [0.15, 0.2) is 42.6 Å². The van der Waals surface area contributed by atoms with E-state index >= 15 is 0 Å². The molecule has 3 rings (SSSR count). The summed E-state index contributed by atoms with van der Waals surface area (Å²) in [7, 11) is 0. The van der Waals surface area contributed by atoms with Crippen molar-refractivity contribution in [2.75, 3.05) is 6.54 Å². The van der Waals surface area contributed by atoms with Crippen molar-refractivity contribution in [1.29, 1.82) is 0 Å². The first kappa shape index (κ1) is 15.4. The molecule has 2 N–H and O–H groups in total. The number of thiocarbonyl (C=S) groups is 1. The van der Waals surface area contributed by atoms with Crippen molar-refractivity contribution in [3.05, 3.63) is 65.0 Å². The Hall–Kier alpha value is -2.47. The van der Waals surface area contributed by atoms with Crippen LogP contribution in [0.3, 0.4) is 0 Å². The van der Waals surface area contributed by atoms with Gasteiger partial charge in [-0.15, -0.1) is 0 Å². The third-order valence-corrected chi connectivity index (χ3v) is 4.32. The molecule has 0 atom stereocenters. The fourth-order valence-electron chi connectivity index (χ4n) is 2.70. The summed E-state index contributed by atoms with van der Waals surface area (Å²) >= 11 is 5.46. The molecule has 5 nitrogen and oxygen atoms in total. The number of fused-ring (bicyclic) bond motifs is 1. The van der Waals surface area contributed by atoms with Crippen LogP contribution in [0.2, 0.25) is 0 Å². The van der Waals surface area contributed by atoms with Crippen molar-refractivity contribution in [3.8, 4) is 0 Å². The van der Waals surface area contributed by atoms with Gasteiger partial charge in [0.05, 0.1) is 5.56 Å². The first-order valence-corrected chi connectivity index (χ1v) is 7.82. The maximum atomic E-state index is 11.4. The number of carbonyl (C=O) groups is 1. The lowest BCUT2D eigenvalue weighted by Crippen LogP contribution is -2.43. The van der Waals surface area contributed by atoms with E-state index in [0.717, 1.165) is 23.4 Å². The van der Waals surface area contributed by atoms with Crippen molar-refractivity contribution in [2.45, 2.75) is 19.5 Å². The highest BCUT2D eigenvalue weighted by atomic mass is 32.1. The van der Waals surface area contributed by atoms with Gasteiger partial charge in [-0.05, 0) is 23.8 Å². The number of rotatable bonds is 3. The maximum absolute atomic E-state index is 11.4. The van der Waals surface area contributed by atoms with Gasteiger partial charge in [-0.2, -0.15) is 0 Å². The van der Waals surface area contributed by atoms with E-state index in [1.165, 1.54) is 0 Å². The zero-order valence-corrected chi connectivity index (χ0v) is 13.3. The Kier molecular flexibility index (Phi) is 4.52. The van der Waals surface area contributed by atoms with Crippen LogP contribution in [0.25, 0.3) is 0 Å². The molecule has 1 aromatic heterocycles. The van der Waals surface area contributed by atoms with Crippen LogP contribution < -0.4 is 5.32 Å². The van der Waals surface area contributed by atoms with Gasteiger partial charge in [-0.3, -0.25) is 4.98 Å². The van der Waals surface area contributed by atoms with Crippen LogP contribution in [0.4, 0.5) is 0 Å². The van der Waals surface area contributed by atoms with Gasteiger partial charge in [-0.1, -0.05) is 30.3 Å². The monoisotopic (exact) mass is 327 g/mol. The standard InChI is InChI=1S/C17H17N3O2S/c21-16(22)13-6-8-18-15-7-9-20(11-14(13)15)17(23)19-10-12-4-2-1-3-5-12/h1-6,8H,7,9-11H2,(H,19,23)(H,21,22). The third kappa shape index (κ3) is 3.48. The number of hydrogen-bond acceptors (Lipinski definition) is 3. The SMILES string of the molecule is O=C(O)c1ccnc2c1CN(C(=S)NCc1ccccc1)CC2. The van der Waals surface area contributed by atoms with Crippen molar-refractivity contribution in [2.24, 2.45) is 0 Å². The van der Waals surface area contributed by atoms with Crippen LogP contribution in [0.1, 0.15) is 27.2 Å². The Balaban J connectivity index is 1.69. The van der Waals surface area contributed by atoms with E-state index in [4.69, 9.17) is 12.2 Å². The van der Waals surface area contributed by atoms with Crippen LogP contribution in [0.5, 0.6) is 0 Å². The molecule has 6 heteroatoms. The van der Waals surface area contributed by atoms with Crippen LogP contribution in [-0.2, 0) is 19.5 Å². The van der Waals surface area contributed by atoms with E-state index < -0.39 is 5.97 Å². The Labute approximate surface area is 140 Å². The molecule has 0 fully saturated rings. The molecule has 23 heavy (non-hydrogen) atoms. The second kappa shape index (κ2) is 6.75. The second-order valence-electron chi connectivity index (χ2n) is 5.40. The van der Waals surface area contributed by atoms with Crippen LogP contribution in [-0.4, -0.2) is 32.6 Å². The number of aromatic carboxylic acids is 1. The molecule has 118 valence electrons. The normalized spacial score (nSPS) is 13.3. The molecule has 0 spiro atoms. The number of nitrogens with one attached hydrogen (secondary N) is 1. The van der Waals surface area contributed by atoms with Gasteiger partial charge in [0, 0.05) is 43.5 Å². The molecular formula is C17H17N3O2S. The number of hydrogen-bond donors (Lipinski definition) is 2. The highest BCUT2D eigenvalue weighted by Crippen LogP contribution is 2.21. The molecule has 0 amide bonds. The largest absolute Gasteiger partial charge is 0.478 e. The molecule has 0 bridgehead atoms.